The van der Waals surface area contributed by atoms with E-state index in [0.717, 1.165) is 22.4 Å². The van der Waals surface area contributed by atoms with Crippen molar-refractivity contribution in [1.29, 1.82) is 0 Å². The summed E-state index contributed by atoms with van der Waals surface area (Å²) < 4.78 is 22.9. The van der Waals surface area contributed by atoms with Gasteiger partial charge in [-0.1, -0.05) is 18.2 Å². The minimum absolute atomic E-state index is 0.0756. The Labute approximate surface area is 184 Å². The molecule has 7 heteroatoms. The third kappa shape index (κ3) is 3.49. The number of rotatable bonds is 4. The molecule has 1 amide bonds. The first-order valence-corrected chi connectivity index (χ1v) is 11.0. The zero-order chi connectivity index (χ0) is 21.4. The molecule has 0 spiro atoms. The fraction of sp³-hybridized carbons (Fsp3) is 0.292. The molecular weight excluding hydrogens is 414 g/mol. The molecule has 5 rings (SSSR count). The highest BCUT2D eigenvalue weighted by molar-refractivity contribution is 7.10. The summed E-state index contributed by atoms with van der Waals surface area (Å²) in [7, 11) is 3.26. The van der Waals surface area contributed by atoms with E-state index in [1.165, 1.54) is 0 Å². The Bertz CT molecular complexity index is 1100. The van der Waals surface area contributed by atoms with Crippen LogP contribution in [0.3, 0.4) is 0 Å². The summed E-state index contributed by atoms with van der Waals surface area (Å²) in [5.74, 6) is 2.55. The van der Waals surface area contributed by atoms with Gasteiger partial charge in [0.15, 0.2) is 23.0 Å². The maximum atomic E-state index is 13.6. The van der Waals surface area contributed by atoms with E-state index < -0.39 is 6.10 Å². The minimum atomic E-state index is -0.681. The average molecular weight is 438 g/mol. The SMILES string of the molecule is COc1cc2c(cc1OC)[C@H](c1cccs1)N(C(=O)[C@H]1COc3ccccc3O1)CC2. The zero-order valence-corrected chi connectivity index (χ0v) is 18.2. The molecule has 0 bridgehead atoms. The first-order chi connectivity index (χ1) is 15.2. The lowest BCUT2D eigenvalue weighted by atomic mass is 9.90. The van der Waals surface area contributed by atoms with Crippen LogP contribution in [-0.4, -0.2) is 44.3 Å². The lowest BCUT2D eigenvalue weighted by Crippen LogP contribution is -2.50. The second-order valence-corrected chi connectivity index (χ2v) is 8.45. The molecule has 2 aliphatic rings. The van der Waals surface area contributed by atoms with E-state index >= 15 is 0 Å². The van der Waals surface area contributed by atoms with Gasteiger partial charge in [-0.15, -0.1) is 11.3 Å². The molecule has 3 heterocycles. The number of benzene rings is 2. The van der Waals surface area contributed by atoms with Crippen molar-refractivity contribution in [3.05, 3.63) is 69.9 Å². The molecule has 0 fully saturated rings. The molecule has 0 saturated carbocycles. The molecule has 2 aliphatic heterocycles. The van der Waals surface area contributed by atoms with Crippen molar-refractivity contribution < 1.29 is 23.7 Å². The molecule has 2 atom stereocenters. The van der Waals surface area contributed by atoms with Gasteiger partial charge in [-0.05, 0) is 53.3 Å². The number of nitrogens with zero attached hydrogens (tertiary/aromatic N) is 1. The Hall–Kier alpha value is -3.19. The van der Waals surface area contributed by atoms with E-state index in [9.17, 15) is 4.79 Å². The number of hydrogen-bond acceptors (Lipinski definition) is 6. The lowest BCUT2D eigenvalue weighted by molar-refractivity contribution is -0.143. The quantitative estimate of drug-likeness (QED) is 0.616. The van der Waals surface area contributed by atoms with Crippen LogP contribution in [0.15, 0.2) is 53.9 Å². The molecule has 3 aromatic rings. The molecule has 0 unspecified atom stereocenters. The molecule has 0 saturated heterocycles. The first-order valence-electron chi connectivity index (χ1n) is 10.2. The van der Waals surface area contributed by atoms with Crippen LogP contribution < -0.4 is 18.9 Å². The Morgan fingerprint density at radius 1 is 1.06 bits per heavy atom. The van der Waals surface area contributed by atoms with Crippen molar-refractivity contribution in [2.45, 2.75) is 18.6 Å². The highest BCUT2D eigenvalue weighted by atomic mass is 32.1. The van der Waals surface area contributed by atoms with Crippen molar-refractivity contribution in [2.75, 3.05) is 27.4 Å². The molecule has 2 aromatic carbocycles. The average Bonchev–Trinajstić information content (AvgIpc) is 3.36. The third-order valence-electron chi connectivity index (χ3n) is 5.75. The van der Waals surface area contributed by atoms with Crippen molar-refractivity contribution in [3.63, 3.8) is 0 Å². The maximum Gasteiger partial charge on any atom is 0.268 e. The van der Waals surface area contributed by atoms with Gasteiger partial charge in [0.25, 0.3) is 5.91 Å². The van der Waals surface area contributed by atoms with Gasteiger partial charge in [0.1, 0.15) is 6.61 Å². The molecule has 0 aliphatic carbocycles. The predicted molar refractivity (Wildman–Crippen MR) is 117 cm³/mol. The number of para-hydroxylation sites is 2. The summed E-state index contributed by atoms with van der Waals surface area (Å²) in [5, 5.41) is 2.03. The monoisotopic (exact) mass is 437 g/mol. The van der Waals surface area contributed by atoms with Crippen LogP contribution in [0.1, 0.15) is 22.0 Å². The topological polar surface area (TPSA) is 57.2 Å². The molecular formula is C24H23NO5S. The van der Waals surface area contributed by atoms with Crippen LogP contribution >= 0.6 is 11.3 Å². The first kappa shape index (κ1) is 19.8. The Balaban J connectivity index is 1.51. The fourth-order valence-corrected chi connectivity index (χ4v) is 5.12. The van der Waals surface area contributed by atoms with Gasteiger partial charge in [-0.2, -0.15) is 0 Å². The minimum Gasteiger partial charge on any atom is -0.493 e. The largest absolute Gasteiger partial charge is 0.493 e. The smallest absolute Gasteiger partial charge is 0.268 e. The van der Waals surface area contributed by atoms with Gasteiger partial charge in [0.2, 0.25) is 6.10 Å². The number of amides is 1. The van der Waals surface area contributed by atoms with Crippen LogP contribution in [0.25, 0.3) is 0 Å². The third-order valence-corrected chi connectivity index (χ3v) is 6.68. The summed E-state index contributed by atoms with van der Waals surface area (Å²) in [6, 6.07) is 15.3. The maximum absolute atomic E-state index is 13.6. The summed E-state index contributed by atoms with van der Waals surface area (Å²) in [4.78, 5) is 16.6. The molecule has 1 aromatic heterocycles. The number of hydrogen-bond donors (Lipinski definition) is 0. The van der Waals surface area contributed by atoms with Gasteiger partial charge in [-0.25, -0.2) is 0 Å². The number of fused-ring (bicyclic) bond motifs is 2. The van der Waals surface area contributed by atoms with Crippen LogP contribution in [-0.2, 0) is 11.2 Å². The zero-order valence-electron chi connectivity index (χ0n) is 17.4. The van der Waals surface area contributed by atoms with E-state index in [1.54, 1.807) is 25.6 Å². The molecule has 0 N–H and O–H groups in total. The van der Waals surface area contributed by atoms with Crippen molar-refractivity contribution in [3.8, 4) is 23.0 Å². The molecule has 31 heavy (non-hydrogen) atoms. The van der Waals surface area contributed by atoms with E-state index in [1.807, 2.05) is 52.7 Å². The second-order valence-electron chi connectivity index (χ2n) is 7.47. The van der Waals surface area contributed by atoms with E-state index in [0.29, 0.717) is 29.5 Å². The summed E-state index contributed by atoms with van der Waals surface area (Å²) in [5.41, 5.74) is 2.21. The second kappa shape index (κ2) is 8.15. The Morgan fingerprint density at radius 3 is 2.58 bits per heavy atom. The number of carbonyl (C=O) groups is 1. The van der Waals surface area contributed by atoms with Crippen LogP contribution in [0, 0.1) is 0 Å². The fourth-order valence-electron chi connectivity index (χ4n) is 4.26. The van der Waals surface area contributed by atoms with Crippen molar-refractivity contribution in [2.24, 2.45) is 0 Å². The molecule has 0 radical (unpaired) electrons. The van der Waals surface area contributed by atoms with E-state index in [2.05, 4.69) is 6.07 Å². The van der Waals surface area contributed by atoms with Gasteiger partial charge < -0.3 is 23.8 Å². The highest BCUT2D eigenvalue weighted by Gasteiger charge is 2.39. The highest BCUT2D eigenvalue weighted by Crippen LogP contribution is 2.43. The van der Waals surface area contributed by atoms with E-state index in [-0.39, 0.29) is 18.6 Å². The summed E-state index contributed by atoms with van der Waals surface area (Å²) >= 11 is 1.63. The predicted octanol–water partition coefficient (Wildman–Crippen LogP) is 4.08. The van der Waals surface area contributed by atoms with Gasteiger partial charge in [-0.3, -0.25) is 4.79 Å². The normalized spacial score (nSPS) is 19.5. The Morgan fingerprint density at radius 2 is 1.84 bits per heavy atom. The molecule has 160 valence electrons. The van der Waals surface area contributed by atoms with E-state index in [4.69, 9.17) is 18.9 Å². The van der Waals surface area contributed by atoms with Gasteiger partial charge in [0, 0.05) is 11.4 Å². The Kier molecular flexibility index (Phi) is 5.19. The standard InChI is InChI=1S/C24H23NO5S/c1-27-19-12-15-9-10-25(23(22-8-5-11-31-22)16(15)13-20(19)28-2)24(26)21-14-29-17-6-3-4-7-18(17)30-21/h3-8,11-13,21,23H,9-10,14H2,1-2H3/t21-,23-/m1/s1. The van der Waals surface area contributed by atoms with Crippen LogP contribution in [0.5, 0.6) is 23.0 Å². The number of methoxy groups -OCH3 is 2. The number of carbonyl (C=O) groups excluding carboxylic acids is 1. The summed E-state index contributed by atoms with van der Waals surface area (Å²) in [6.07, 6.45) is 0.0482. The van der Waals surface area contributed by atoms with Crippen LogP contribution in [0.2, 0.25) is 0 Å². The van der Waals surface area contributed by atoms with Crippen molar-refractivity contribution >= 4 is 17.2 Å². The molecule has 6 nitrogen and oxygen atoms in total. The number of thiophene rings is 1. The number of ether oxygens (including phenoxy) is 4. The lowest BCUT2D eigenvalue weighted by Gasteiger charge is -2.39. The van der Waals surface area contributed by atoms with Crippen LogP contribution in [0.4, 0.5) is 0 Å². The van der Waals surface area contributed by atoms with Gasteiger partial charge >= 0.3 is 0 Å². The van der Waals surface area contributed by atoms with Crippen molar-refractivity contribution in [1.82, 2.24) is 4.90 Å². The van der Waals surface area contributed by atoms with Gasteiger partial charge in [0.05, 0.1) is 20.3 Å². The summed E-state index contributed by atoms with van der Waals surface area (Å²) in [6.45, 7) is 0.785.